The van der Waals surface area contributed by atoms with Gasteiger partial charge in [-0.25, -0.2) is 0 Å². The summed E-state index contributed by atoms with van der Waals surface area (Å²) in [6.45, 7) is 4.82. The number of halogens is 2. The number of amides is 2. The highest BCUT2D eigenvalue weighted by Crippen LogP contribution is 2.36. The maximum absolute atomic E-state index is 13.0. The van der Waals surface area contributed by atoms with Crippen LogP contribution in [-0.2, 0) is 17.9 Å². The van der Waals surface area contributed by atoms with Crippen LogP contribution in [0.4, 0.5) is 4.79 Å². The first-order chi connectivity index (χ1) is 16.9. The molecule has 180 valence electrons. The minimum atomic E-state index is -0.304. The van der Waals surface area contributed by atoms with Crippen molar-refractivity contribution in [2.45, 2.75) is 27.0 Å². The first-order valence-electron chi connectivity index (χ1n) is 11.0. The molecule has 0 aromatic heterocycles. The number of carbonyl (C=O) groups excluding carboxylic acids is 2. The first kappa shape index (κ1) is 25.2. The Balaban J connectivity index is 1.51. The Morgan fingerprint density at radius 1 is 0.943 bits per heavy atom. The van der Waals surface area contributed by atoms with Crippen molar-refractivity contribution in [2.75, 3.05) is 6.61 Å². The van der Waals surface area contributed by atoms with Crippen LogP contribution in [0.3, 0.4) is 0 Å². The molecule has 2 amide bonds. The number of rotatable bonds is 8. The van der Waals surface area contributed by atoms with E-state index in [-0.39, 0.29) is 24.3 Å². The van der Waals surface area contributed by atoms with Gasteiger partial charge in [0.05, 0.1) is 28.1 Å². The van der Waals surface area contributed by atoms with Gasteiger partial charge in [-0.05, 0) is 78.2 Å². The predicted octanol–water partition coefficient (Wildman–Crippen LogP) is 7.52. The maximum atomic E-state index is 13.0. The van der Waals surface area contributed by atoms with Crippen molar-refractivity contribution in [2.24, 2.45) is 0 Å². The number of benzene rings is 3. The SMILES string of the molecule is CCOc1cc(/C=C2\SC(=O)N(Cc3ccccc3C)C2=O)ccc1OCc1ccc(Cl)c(Cl)c1. The maximum Gasteiger partial charge on any atom is 0.293 e. The average Bonchev–Trinajstić information content (AvgIpc) is 3.09. The van der Waals surface area contributed by atoms with Crippen molar-refractivity contribution in [3.8, 4) is 11.5 Å². The summed E-state index contributed by atoms with van der Waals surface area (Å²) in [5.74, 6) is 0.796. The number of thioether (sulfide) groups is 1. The highest BCUT2D eigenvalue weighted by atomic mass is 35.5. The molecule has 0 N–H and O–H groups in total. The molecule has 1 saturated heterocycles. The highest BCUT2D eigenvalue weighted by molar-refractivity contribution is 8.18. The lowest BCUT2D eigenvalue weighted by atomic mass is 10.1. The molecule has 1 heterocycles. The number of ether oxygens (including phenoxy) is 2. The van der Waals surface area contributed by atoms with Crippen LogP contribution in [0.15, 0.2) is 65.6 Å². The fourth-order valence-corrected chi connectivity index (χ4v) is 4.70. The van der Waals surface area contributed by atoms with E-state index in [4.69, 9.17) is 32.7 Å². The van der Waals surface area contributed by atoms with E-state index < -0.39 is 0 Å². The summed E-state index contributed by atoms with van der Waals surface area (Å²) < 4.78 is 11.7. The van der Waals surface area contributed by atoms with Gasteiger partial charge < -0.3 is 9.47 Å². The van der Waals surface area contributed by atoms with Crippen molar-refractivity contribution < 1.29 is 19.1 Å². The van der Waals surface area contributed by atoms with Gasteiger partial charge in [-0.1, -0.05) is 59.6 Å². The minimum Gasteiger partial charge on any atom is -0.490 e. The van der Waals surface area contributed by atoms with Gasteiger partial charge in [0.15, 0.2) is 11.5 Å². The van der Waals surface area contributed by atoms with Crippen molar-refractivity contribution in [3.05, 3.63) is 97.9 Å². The van der Waals surface area contributed by atoms with Gasteiger partial charge >= 0.3 is 0 Å². The van der Waals surface area contributed by atoms with Crippen molar-refractivity contribution >= 4 is 52.2 Å². The lowest BCUT2D eigenvalue weighted by Gasteiger charge is -2.14. The van der Waals surface area contributed by atoms with Crippen molar-refractivity contribution in [1.29, 1.82) is 0 Å². The van der Waals surface area contributed by atoms with E-state index in [9.17, 15) is 9.59 Å². The summed E-state index contributed by atoms with van der Waals surface area (Å²) in [4.78, 5) is 27.2. The highest BCUT2D eigenvalue weighted by Gasteiger charge is 2.35. The third kappa shape index (κ3) is 6.01. The van der Waals surface area contributed by atoms with Crippen LogP contribution in [0, 0.1) is 6.92 Å². The van der Waals surface area contributed by atoms with Gasteiger partial charge in [0.25, 0.3) is 11.1 Å². The summed E-state index contributed by atoms with van der Waals surface area (Å²) in [5.41, 5.74) is 3.58. The third-order valence-corrected chi connectivity index (χ3v) is 7.05. The van der Waals surface area contributed by atoms with Crippen LogP contribution >= 0.6 is 35.0 Å². The smallest absolute Gasteiger partial charge is 0.293 e. The van der Waals surface area contributed by atoms with Crippen LogP contribution in [0.5, 0.6) is 11.5 Å². The molecule has 8 heteroatoms. The second kappa shape index (κ2) is 11.2. The quantitative estimate of drug-likeness (QED) is 0.283. The Morgan fingerprint density at radius 2 is 1.74 bits per heavy atom. The molecule has 1 aliphatic heterocycles. The van der Waals surface area contributed by atoms with Crippen LogP contribution in [0.2, 0.25) is 10.0 Å². The summed E-state index contributed by atoms with van der Waals surface area (Å²) in [5, 5.41) is 0.665. The Bertz CT molecular complexity index is 1310. The lowest BCUT2D eigenvalue weighted by Crippen LogP contribution is -2.27. The van der Waals surface area contributed by atoms with Gasteiger partial charge in [-0.15, -0.1) is 0 Å². The van der Waals surface area contributed by atoms with Crippen LogP contribution in [0.1, 0.15) is 29.2 Å². The molecule has 0 bridgehead atoms. The normalized spacial score (nSPS) is 14.6. The molecule has 35 heavy (non-hydrogen) atoms. The van der Waals surface area contributed by atoms with E-state index in [2.05, 4.69) is 0 Å². The topological polar surface area (TPSA) is 55.8 Å². The molecule has 0 saturated carbocycles. The fourth-order valence-electron chi connectivity index (χ4n) is 3.54. The van der Waals surface area contributed by atoms with E-state index in [0.29, 0.717) is 33.1 Å². The molecule has 0 unspecified atom stereocenters. The summed E-state index contributed by atoms with van der Waals surface area (Å²) >= 11 is 13.0. The zero-order valence-corrected chi connectivity index (χ0v) is 21.5. The van der Waals surface area contributed by atoms with Gasteiger partial charge in [0.2, 0.25) is 0 Å². The number of imide groups is 1. The summed E-state index contributed by atoms with van der Waals surface area (Å²) in [6.07, 6.45) is 1.70. The van der Waals surface area contributed by atoms with E-state index in [1.54, 1.807) is 30.3 Å². The van der Waals surface area contributed by atoms with Gasteiger partial charge in [0, 0.05) is 0 Å². The van der Waals surface area contributed by atoms with E-state index in [0.717, 1.165) is 34.0 Å². The molecule has 0 atom stereocenters. The molecule has 0 aliphatic carbocycles. The van der Waals surface area contributed by atoms with Crippen molar-refractivity contribution in [3.63, 3.8) is 0 Å². The number of carbonyl (C=O) groups is 2. The number of aryl methyl sites for hydroxylation is 1. The van der Waals surface area contributed by atoms with Crippen molar-refractivity contribution in [1.82, 2.24) is 4.90 Å². The largest absolute Gasteiger partial charge is 0.490 e. The van der Waals surface area contributed by atoms with Gasteiger partial charge in [-0.3, -0.25) is 14.5 Å². The summed E-state index contributed by atoms with van der Waals surface area (Å²) in [6, 6.07) is 18.4. The fraction of sp³-hybridized carbons (Fsp3) is 0.185. The molecular weight excluding hydrogens is 505 g/mol. The molecule has 3 aromatic carbocycles. The number of nitrogens with zero attached hydrogens (tertiary/aromatic N) is 1. The molecule has 0 radical (unpaired) electrons. The number of hydrogen-bond acceptors (Lipinski definition) is 5. The Hall–Kier alpha value is -2.93. The molecule has 5 nitrogen and oxygen atoms in total. The van der Waals surface area contributed by atoms with Gasteiger partial charge in [0.1, 0.15) is 6.61 Å². The van der Waals surface area contributed by atoms with E-state index in [1.807, 2.05) is 50.2 Å². The summed E-state index contributed by atoms with van der Waals surface area (Å²) in [7, 11) is 0. The predicted molar refractivity (Wildman–Crippen MR) is 141 cm³/mol. The third-order valence-electron chi connectivity index (χ3n) is 5.41. The monoisotopic (exact) mass is 527 g/mol. The second-order valence-corrected chi connectivity index (χ2v) is 9.68. The lowest BCUT2D eigenvalue weighted by molar-refractivity contribution is -0.123. The Morgan fingerprint density at radius 3 is 2.49 bits per heavy atom. The molecule has 1 aliphatic rings. The molecule has 4 rings (SSSR count). The Labute approximate surface area is 218 Å². The molecule has 1 fully saturated rings. The van der Waals surface area contributed by atoms with E-state index >= 15 is 0 Å². The van der Waals surface area contributed by atoms with E-state index in [1.165, 1.54) is 4.90 Å². The number of hydrogen-bond donors (Lipinski definition) is 0. The minimum absolute atomic E-state index is 0.250. The average molecular weight is 528 g/mol. The molecular formula is C27H23Cl2NO4S. The first-order valence-corrected chi connectivity index (χ1v) is 12.6. The zero-order chi connectivity index (χ0) is 24.9. The standard InChI is InChI=1S/C27H23Cl2NO4S/c1-3-33-24-13-18(9-11-23(24)34-16-19-8-10-21(28)22(29)12-19)14-25-26(31)30(27(32)35-25)15-20-7-5-4-6-17(20)2/h4-14H,3,15-16H2,1-2H3/b25-14-. The van der Waals surface area contributed by atoms with Crippen LogP contribution < -0.4 is 9.47 Å². The molecule has 3 aromatic rings. The second-order valence-electron chi connectivity index (χ2n) is 7.87. The molecule has 0 spiro atoms. The van der Waals surface area contributed by atoms with Gasteiger partial charge in [-0.2, -0.15) is 0 Å². The van der Waals surface area contributed by atoms with Crippen LogP contribution in [-0.4, -0.2) is 22.7 Å². The zero-order valence-electron chi connectivity index (χ0n) is 19.2. The Kier molecular flexibility index (Phi) is 8.06. The van der Waals surface area contributed by atoms with Crippen LogP contribution in [0.25, 0.3) is 6.08 Å².